The van der Waals surface area contributed by atoms with E-state index in [1.54, 1.807) is 24.3 Å². The number of nitrogens with zero attached hydrogens (tertiary/aromatic N) is 2. The van der Waals surface area contributed by atoms with Gasteiger partial charge in [0, 0.05) is 42.5 Å². The van der Waals surface area contributed by atoms with Crippen LogP contribution in [0, 0.1) is 0 Å². The number of benzene rings is 2. The number of hydrogen-bond donors (Lipinski definition) is 1. The van der Waals surface area contributed by atoms with Gasteiger partial charge in [-0.3, -0.25) is 14.5 Å². The van der Waals surface area contributed by atoms with Gasteiger partial charge < -0.3 is 10.2 Å². The lowest BCUT2D eigenvalue weighted by Crippen LogP contribution is -2.50. The molecule has 3 rings (SSSR count). The summed E-state index contributed by atoms with van der Waals surface area (Å²) in [7, 11) is 0. The lowest BCUT2D eigenvalue weighted by molar-refractivity contribution is -0.117. The maximum atomic E-state index is 12.9. The summed E-state index contributed by atoms with van der Waals surface area (Å²) in [6, 6.07) is 13.2. The molecule has 2 aromatic rings. The van der Waals surface area contributed by atoms with Gasteiger partial charge in [0.15, 0.2) is 0 Å². The highest BCUT2D eigenvalue weighted by molar-refractivity contribution is 6.30. The fraction of sp³-hybridized carbons (Fsp3) is 0.440. The molecule has 1 aliphatic heterocycles. The minimum Gasteiger partial charge on any atom is -0.336 e. The highest BCUT2D eigenvalue weighted by atomic mass is 35.5. The molecule has 5 nitrogen and oxygen atoms in total. The molecule has 2 aromatic carbocycles. The summed E-state index contributed by atoms with van der Waals surface area (Å²) in [5.41, 5.74) is 3.92. The first-order chi connectivity index (χ1) is 14.8. The Balaban J connectivity index is 1.58. The van der Waals surface area contributed by atoms with Crippen LogP contribution in [0.4, 0.5) is 5.69 Å². The minimum atomic E-state index is -0.00697. The van der Waals surface area contributed by atoms with Gasteiger partial charge in [0.05, 0.1) is 6.54 Å². The van der Waals surface area contributed by atoms with E-state index in [0.29, 0.717) is 55.1 Å². The van der Waals surface area contributed by atoms with E-state index in [9.17, 15) is 9.59 Å². The molecule has 0 unspecified atom stereocenters. The third-order valence-electron chi connectivity index (χ3n) is 5.76. The molecule has 0 saturated carbocycles. The summed E-state index contributed by atoms with van der Waals surface area (Å²) in [4.78, 5) is 29.5. The number of carbonyl (C=O) groups excluding carboxylic acids is 2. The number of nitrogens with one attached hydrogen (secondary N) is 1. The molecule has 0 bridgehead atoms. The van der Waals surface area contributed by atoms with E-state index in [1.807, 2.05) is 4.90 Å². The molecule has 1 fully saturated rings. The average molecular weight is 442 g/mol. The summed E-state index contributed by atoms with van der Waals surface area (Å²) in [5.74, 6) is 0.661. The molecule has 6 heteroatoms. The number of amides is 2. The molecule has 0 spiro atoms. The predicted octanol–water partition coefficient (Wildman–Crippen LogP) is 4.98. The van der Waals surface area contributed by atoms with Gasteiger partial charge >= 0.3 is 0 Å². The van der Waals surface area contributed by atoms with Gasteiger partial charge in [0.1, 0.15) is 0 Å². The van der Waals surface area contributed by atoms with Gasteiger partial charge in [-0.2, -0.15) is 0 Å². The Hall–Kier alpha value is -2.37. The van der Waals surface area contributed by atoms with Crippen LogP contribution in [0.1, 0.15) is 61.0 Å². The molecule has 1 heterocycles. The summed E-state index contributed by atoms with van der Waals surface area (Å²) in [6.07, 6.45) is 0. The van der Waals surface area contributed by atoms with Gasteiger partial charge in [-0.15, -0.1) is 0 Å². The summed E-state index contributed by atoms with van der Waals surface area (Å²) < 4.78 is 0. The van der Waals surface area contributed by atoms with Crippen molar-refractivity contribution in [2.24, 2.45) is 0 Å². The van der Waals surface area contributed by atoms with Crippen molar-refractivity contribution in [3.63, 3.8) is 0 Å². The Bertz CT molecular complexity index is 891. The Labute approximate surface area is 190 Å². The van der Waals surface area contributed by atoms with E-state index in [2.05, 4.69) is 56.1 Å². The van der Waals surface area contributed by atoms with E-state index in [1.165, 1.54) is 0 Å². The molecule has 2 amide bonds. The first-order valence-corrected chi connectivity index (χ1v) is 11.3. The Morgan fingerprint density at radius 2 is 1.45 bits per heavy atom. The highest BCUT2D eigenvalue weighted by Gasteiger charge is 2.24. The van der Waals surface area contributed by atoms with Crippen LogP contribution in [0.15, 0.2) is 42.5 Å². The van der Waals surface area contributed by atoms with Crippen LogP contribution in [0.2, 0.25) is 5.02 Å². The third kappa shape index (κ3) is 5.86. The van der Waals surface area contributed by atoms with Crippen LogP contribution in [0.3, 0.4) is 0 Å². The van der Waals surface area contributed by atoms with Crippen molar-refractivity contribution >= 4 is 29.1 Å². The number of halogens is 1. The quantitative estimate of drug-likeness (QED) is 0.687. The molecular weight excluding hydrogens is 410 g/mol. The summed E-state index contributed by atoms with van der Waals surface area (Å²) in [6.45, 7) is 11.5. The largest absolute Gasteiger partial charge is 0.336 e. The van der Waals surface area contributed by atoms with E-state index in [-0.39, 0.29) is 11.8 Å². The number of rotatable bonds is 6. The smallest absolute Gasteiger partial charge is 0.253 e. The number of para-hydroxylation sites is 1. The van der Waals surface area contributed by atoms with E-state index in [0.717, 1.165) is 16.8 Å². The second kappa shape index (κ2) is 10.3. The topological polar surface area (TPSA) is 52.7 Å². The molecule has 0 aliphatic carbocycles. The van der Waals surface area contributed by atoms with Crippen molar-refractivity contribution in [1.29, 1.82) is 0 Å². The molecule has 1 saturated heterocycles. The van der Waals surface area contributed by atoms with Crippen LogP contribution < -0.4 is 5.32 Å². The van der Waals surface area contributed by atoms with E-state index in [4.69, 9.17) is 11.6 Å². The lowest BCUT2D eigenvalue weighted by atomic mass is 9.92. The summed E-state index contributed by atoms with van der Waals surface area (Å²) in [5, 5.41) is 3.80. The normalized spacial score (nSPS) is 14.9. The Morgan fingerprint density at radius 3 is 1.97 bits per heavy atom. The second-order valence-electron chi connectivity index (χ2n) is 8.74. The molecule has 1 aliphatic rings. The van der Waals surface area contributed by atoms with Crippen LogP contribution in [-0.2, 0) is 4.79 Å². The van der Waals surface area contributed by atoms with Crippen molar-refractivity contribution < 1.29 is 9.59 Å². The zero-order valence-corrected chi connectivity index (χ0v) is 19.6. The molecule has 31 heavy (non-hydrogen) atoms. The predicted molar refractivity (Wildman–Crippen MR) is 127 cm³/mol. The standard InChI is InChI=1S/C25H32ClN3O2/c1-17(2)21-6-5-7-22(18(3)4)24(21)27-23(30)16-28-12-14-29(15-13-28)25(31)19-8-10-20(26)11-9-19/h5-11,17-18H,12-16H2,1-4H3,(H,27,30). The van der Waals surface area contributed by atoms with Crippen LogP contribution >= 0.6 is 11.6 Å². The van der Waals surface area contributed by atoms with E-state index >= 15 is 0 Å². The number of hydrogen-bond acceptors (Lipinski definition) is 3. The first kappa shape index (κ1) is 23.3. The summed E-state index contributed by atoms with van der Waals surface area (Å²) >= 11 is 5.91. The van der Waals surface area contributed by atoms with Gasteiger partial charge in [-0.1, -0.05) is 57.5 Å². The Kier molecular flexibility index (Phi) is 7.74. The van der Waals surface area contributed by atoms with Gasteiger partial charge in [0.2, 0.25) is 5.91 Å². The molecule has 0 aromatic heterocycles. The van der Waals surface area contributed by atoms with Crippen LogP contribution in [0.5, 0.6) is 0 Å². The number of piperazine rings is 1. The van der Waals surface area contributed by atoms with Crippen molar-refractivity contribution in [2.75, 3.05) is 38.0 Å². The number of anilines is 1. The Morgan fingerprint density at radius 1 is 0.903 bits per heavy atom. The molecule has 0 atom stereocenters. The van der Waals surface area contributed by atoms with Crippen molar-refractivity contribution in [3.8, 4) is 0 Å². The maximum absolute atomic E-state index is 12.9. The fourth-order valence-corrected chi connectivity index (χ4v) is 4.09. The van der Waals surface area contributed by atoms with Gasteiger partial charge in [-0.25, -0.2) is 0 Å². The molecule has 166 valence electrons. The fourth-order valence-electron chi connectivity index (χ4n) is 3.96. The van der Waals surface area contributed by atoms with Gasteiger partial charge in [-0.05, 0) is 47.2 Å². The second-order valence-corrected chi connectivity index (χ2v) is 9.18. The highest BCUT2D eigenvalue weighted by Crippen LogP contribution is 2.32. The van der Waals surface area contributed by atoms with Gasteiger partial charge in [0.25, 0.3) is 5.91 Å². The lowest BCUT2D eigenvalue weighted by Gasteiger charge is -2.34. The van der Waals surface area contributed by atoms with E-state index < -0.39 is 0 Å². The average Bonchev–Trinajstić information content (AvgIpc) is 2.74. The van der Waals surface area contributed by atoms with Crippen molar-refractivity contribution in [1.82, 2.24) is 9.80 Å². The molecular formula is C25H32ClN3O2. The van der Waals surface area contributed by atoms with Crippen molar-refractivity contribution in [3.05, 3.63) is 64.2 Å². The zero-order chi connectivity index (χ0) is 22.5. The monoisotopic (exact) mass is 441 g/mol. The zero-order valence-electron chi connectivity index (χ0n) is 18.8. The maximum Gasteiger partial charge on any atom is 0.253 e. The van der Waals surface area contributed by atoms with Crippen LogP contribution in [0.25, 0.3) is 0 Å². The number of carbonyl (C=O) groups is 2. The minimum absolute atomic E-state index is 0.00697. The SMILES string of the molecule is CC(C)c1cccc(C(C)C)c1NC(=O)CN1CCN(C(=O)c2ccc(Cl)cc2)CC1. The molecule has 0 radical (unpaired) electrons. The van der Waals surface area contributed by atoms with Crippen molar-refractivity contribution in [2.45, 2.75) is 39.5 Å². The molecule has 1 N–H and O–H groups in total. The first-order valence-electron chi connectivity index (χ1n) is 11.0. The third-order valence-corrected chi connectivity index (χ3v) is 6.01. The van der Waals surface area contributed by atoms with Crippen LogP contribution in [-0.4, -0.2) is 54.3 Å².